The van der Waals surface area contributed by atoms with E-state index >= 15 is 0 Å². The minimum Gasteiger partial charge on any atom is -0.487 e. The van der Waals surface area contributed by atoms with E-state index in [0.29, 0.717) is 22.6 Å². The summed E-state index contributed by atoms with van der Waals surface area (Å²) in [5, 5.41) is 15.5. The van der Waals surface area contributed by atoms with Crippen molar-refractivity contribution < 1.29 is 4.74 Å². The summed E-state index contributed by atoms with van der Waals surface area (Å²) in [5.74, 6) is 2.01. The van der Waals surface area contributed by atoms with E-state index in [0.717, 1.165) is 53.9 Å². The third kappa shape index (κ3) is 4.69. The molecule has 4 aromatic rings. The number of anilines is 1. The summed E-state index contributed by atoms with van der Waals surface area (Å²) in [6, 6.07) is 9.36. The number of ether oxygens (including phenoxy) is 1. The SMILES string of the molecule is Clc1cnc(N2CCC(c3nc(COc4ccc(-n5cnnn5)cc4)cs3)CC2)c(Cl)c1. The molecule has 0 bridgehead atoms. The van der Waals surface area contributed by atoms with Gasteiger partial charge in [-0.05, 0) is 53.6 Å². The molecule has 0 N–H and O–H groups in total. The number of halogens is 2. The fourth-order valence-electron chi connectivity index (χ4n) is 3.69. The van der Waals surface area contributed by atoms with Gasteiger partial charge in [-0.15, -0.1) is 16.4 Å². The molecule has 1 aliphatic rings. The van der Waals surface area contributed by atoms with E-state index in [4.69, 9.17) is 32.9 Å². The Morgan fingerprint density at radius 2 is 1.94 bits per heavy atom. The van der Waals surface area contributed by atoms with Gasteiger partial charge < -0.3 is 9.64 Å². The molecule has 164 valence electrons. The number of tetrazole rings is 1. The molecule has 3 aromatic heterocycles. The zero-order valence-electron chi connectivity index (χ0n) is 16.9. The Morgan fingerprint density at radius 1 is 1.12 bits per heavy atom. The van der Waals surface area contributed by atoms with Gasteiger partial charge in [-0.3, -0.25) is 0 Å². The lowest BCUT2D eigenvalue weighted by Gasteiger charge is -2.32. The van der Waals surface area contributed by atoms with E-state index in [1.165, 1.54) is 0 Å². The van der Waals surface area contributed by atoms with Crippen molar-refractivity contribution in [2.75, 3.05) is 18.0 Å². The van der Waals surface area contributed by atoms with Gasteiger partial charge in [0.1, 0.15) is 24.5 Å². The van der Waals surface area contributed by atoms with E-state index in [-0.39, 0.29) is 0 Å². The van der Waals surface area contributed by atoms with Crippen LogP contribution in [0.4, 0.5) is 5.82 Å². The first-order valence-electron chi connectivity index (χ1n) is 10.1. The Labute approximate surface area is 198 Å². The van der Waals surface area contributed by atoms with Crippen LogP contribution in [0.2, 0.25) is 10.0 Å². The van der Waals surface area contributed by atoms with Crippen LogP contribution < -0.4 is 9.64 Å². The number of piperidine rings is 1. The number of hydrogen-bond donors (Lipinski definition) is 0. The Balaban J connectivity index is 1.15. The van der Waals surface area contributed by atoms with Crippen molar-refractivity contribution in [3.8, 4) is 11.4 Å². The molecule has 1 fully saturated rings. The van der Waals surface area contributed by atoms with Crippen LogP contribution in [0.15, 0.2) is 48.2 Å². The van der Waals surface area contributed by atoms with Crippen molar-refractivity contribution in [2.45, 2.75) is 25.4 Å². The highest BCUT2D eigenvalue weighted by Gasteiger charge is 2.25. The molecule has 4 heterocycles. The Morgan fingerprint density at radius 3 is 2.66 bits per heavy atom. The lowest BCUT2D eigenvalue weighted by Crippen LogP contribution is -2.33. The van der Waals surface area contributed by atoms with E-state index in [9.17, 15) is 0 Å². The predicted octanol–water partition coefficient (Wildman–Crippen LogP) is 4.78. The van der Waals surface area contributed by atoms with Crippen LogP contribution in [0.25, 0.3) is 5.69 Å². The molecule has 1 aromatic carbocycles. The molecule has 11 heteroatoms. The monoisotopic (exact) mass is 487 g/mol. The third-order valence-corrected chi connectivity index (χ3v) is 6.88. The maximum Gasteiger partial charge on any atom is 0.147 e. The van der Waals surface area contributed by atoms with E-state index in [2.05, 4.69) is 30.8 Å². The van der Waals surface area contributed by atoms with Crippen molar-refractivity contribution >= 4 is 40.4 Å². The molecule has 8 nitrogen and oxygen atoms in total. The van der Waals surface area contributed by atoms with Crippen molar-refractivity contribution in [3.05, 3.63) is 69.0 Å². The minimum atomic E-state index is 0.434. The average molecular weight is 488 g/mol. The molecule has 0 amide bonds. The Bertz CT molecular complexity index is 1180. The molecule has 0 atom stereocenters. The zero-order chi connectivity index (χ0) is 21.9. The minimum absolute atomic E-state index is 0.434. The summed E-state index contributed by atoms with van der Waals surface area (Å²) in [6.07, 6.45) is 5.21. The number of hydrogen-bond acceptors (Lipinski definition) is 8. The topological polar surface area (TPSA) is 81.9 Å². The van der Waals surface area contributed by atoms with Gasteiger partial charge in [-0.1, -0.05) is 23.2 Å². The number of pyridine rings is 1. The molecule has 0 spiro atoms. The number of rotatable bonds is 6. The molecule has 0 unspecified atom stereocenters. The van der Waals surface area contributed by atoms with Crippen molar-refractivity contribution in [1.82, 2.24) is 30.2 Å². The van der Waals surface area contributed by atoms with E-state index in [1.54, 1.807) is 34.6 Å². The first-order valence-corrected chi connectivity index (χ1v) is 11.8. The number of nitrogens with zero attached hydrogens (tertiary/aromatic N) is 7. The van der Waals surface area contributed by atoms with Crippen LogP contribution in [0, 0.1) is 0 Å². The lowest BCUT2D eigenvalue weighted by atomic mass is 9.97. The first kappa shape index (κ1) is 21.1. The largest absolute Gasteiger partial charge is 0.487 e. The van der Waals surface area contributed by atoms with Gasteiger partial charge in [0, 0.05) is 30.6 Å². The maximum atomic E-state index is 6.32. The second-order valence-corrected chi connectivity index (χ2v) is 9.17. The van der Waals surface area contributed by atoms with E-state index < -0.39 is 0 Å². The molecule has 1 saturated heterocycles. The molecule has 0 radical (unpaired) electrons. The van der Waals surface area contributed by atoms with Crippen LogP contribution in [0.1, 0.15) is 29.5 Å². The molecule has 5 rings (SSSR count). The van der Waals surface area contributed by atoms with Crippen LogP contribution >= 0.6 is 34.5 Å². The van der Waals surface area contributed by atoms with E-state index in [1.807, 2.05) is 24.3 Å². The Hall–Kier alpha value is -2.75. The zero-order valence-corrected chi connectivity index (χ0v) is 19.3. The maximum absolute atomic E-state index is 6.32. The lowest BCUT2D eigenvalue weighted by molar-refractivity contribution is 0.301. The molecule has 0 saturated carbocycles. The Kier molecular flexibility index (Phi) is 6.20. The summed E-state index contributed by atoms with van der Waals surface area (Å²) in [6.45, 7) is 2.21. The standard InChI is InChI=1S/C21H19Cl2N7OS/c22-15-9-19(23)20(24-10-15)29-7-5-14(6-8-29)21-26-16(12-32-21)11-31-18-3-1-17(2-4-18)30-13-25-27-28-30/h1-4,9-10,12-14H,5-8,11H2. The first-order chi connectivity index (χ1) is 15.7. The number of benzene rings is 1. The van der Waals surface area contributed by atoms with Gasteiger partial charge in [-0.25, -0.2) is 14.6 Å². The number of thiazole rings is 1. The highest BCUT2D eigenvalue weighted by molar-refractivity contribution is 7.09. The van der Waals surface area contributed by atoms with Gasteiger partial charge in [0.05, 0.1) is 26.4 Å². The third-order valence-electron chi connectivity index (χ3n) is 5.34. The van der Waals surface area contributed by atoms with Crippen LogP contribution in [0.3, 0.4) is 0 Å². The van der Waals surface area contributed by atoms with Crippen LogP contribution in [-0.2, 0) is 6.61 Å². The summed E-state index contributed by atoms with van der Waals surface area (Å²) < 4.78 is 7.50. The molecule has 32 heavy (non-hydrogen) atoms. The molecule has 1 aliphatic heterocycles. The molecular formula is C21H19Cl2N7OS. The summed E-state index contributed by atoms with van der Waals surface area (Å²) in [7, 11) is 0. The van der Waals surface area contributed by atoms with Gasteiger partial charge in [0.2, 0.25) is 0 Å². The van der Waals surface area contributed by atoms with Gasteiger partial charge in [0.15, 0.2) is 0 Å². The van der Waals surface area contributed by atoms with Gasteiger partial charge in [-0.2, -0.15) is 0 Å². The fraction of sp³-hybridized carbons (Fsp3) is 0.286. The van der Waals surface area contributed by atoms with Gasteiger partial charge in [0.25, 0.3) is 0 Å². The molecular weight excluding hydrogens is 469 g/mol. The highest BCUT2D eigenvalue weighted by Crippen LogP contribution is 2.34. The summed E-state index contributed by atoms with van der Waals surface area (Å²) in [4.78, 5) is 11.4. The second-order valence-electron chi connectivity index (χ2n) is 7.43. The van der Waals surface area contributed by atoms with Crippen LogP contribution in [0.5, 0.6) is 5.75 Å². The summed E-state index contributed by atoms with van der Waals surface area (Å²) >= 11 is 14.0. The fourth-order valence-corrected chi connectivity index (χ4v) is 5.16. The smallest absolute Gasteiger partial charge is 0.147 e. The van der Waals surface area contributed by atoms with Crippen molar-refractivity contribution in [1.29, 1.82) is 0 Å². The van der Waals surface area contributed by atoms with Gasteiger partial charge >= 0.3 is 0 Å². The van der Waals surface area contributed by atoms with Crippen molar-refractivity contribution in [3.63, 3.8) is 0 Å². The van der Waals surface area contributed by atoms with Crippen molar-refractivity contribution in [2.24, 2.45) is 0 Å². The molecule has 0 aliphatic carbocycles. The summed E-state index contributed by atoms with van der Waals surface area (Å²) in [5.41, 5.74) is 1.82. The normalized spacial score (nSPS) is 14.6. The number of aromatic nitrogens is 6. The van der Waals surface area contributed by atoms with Crippen LogP contribution in [-0.4, -0.2) is 43.3 Å². The quantitative estimate of drug-likeness (QED) is 0.386. The average Bonchev–Trinajstić information content (AvgIpc) is 3.51. The second kappa shape index (κ2) is 9.40. The predicted molar refractivity (Wildman–Crippen MR) is 124 cm³/mol. The highest BCUT2D eigenvalue weighted by atomic mass is 35.5.